The summed E-state index contributed by atoms with van der Waals surface area (Å²) in [6.45, 7) is 1.69. The maximum absolute atomic E-state index is 12.5. The van der Waals surface area contributed by atoms with Crippen LogP contribution in [0.15, 0.2) is 36.4 Å². The van der Waals surface area contributed by atoms with Gasteiger partial charge >= 0.3 is 0 Å². The number of amides is 1. The molecule has 1 atom stereocenters. The zero-order valence-electron chi connectivity index (χ0n) is 11.9. The van der Waals surface area contributed by atoms with E-state index in [1.807, 2.05) is 12.1 Å². The molecule has 22 heavy (non-hydrogen) atoms. The second-order valence-electron chi connectivity index (χ2n) is 5.09. The van der Waals surface area contributed by atoms with Crippen molar-refractivity contribution in [1.82, 2.24) is 5.06 Å². The van der Waals surface area contributed by atoms with Crippen molar-refractivity contribution < 1.29 is 22.6 Å². The molecule has 0 saturated carbocycles. The van der Waals surface area contributed by atoms with E-state index in [1.54, 1.807) is 31.2 Å². The lowest BCUT2D eigenvalue weighted by Crippen LogP contribution is -2.40. The third kappa shape index (κ3) is 2.37. The Morgan fingerprint density at radius 2 is 1.91 bits per heavy atom. The minimum atomic E-state index is -3.92. The molecule has 0 radical (unpaired) electrons. The summed E-state index contributed by atoms with van der Waals surface area (Å²) in [4.78, 5) is 12.5. The Bertz CT molecular complexity index is 841. The van der Waals surface area contributed by atoms with Gasteiger partial charge in [-0.2, -0.15) is 13.5 Å². The fraction of sp³-hybridized carbons (Fsp3) is 0.267. The molecule has 1 aliphatic heterocycles. The molecule has 0 bridgehead atoms. The maximum atomic E-state index is 12.5. The number of carbonyl (C=O) groups is 1. The lowest BCUT2D eigenvalue weighted by atomic mass is 9.94. The maximum Gasteiger partial charge on any atom is 0.288 e. The van der Waals surface area contributed by atoms with E-state index in [-0.39, 0.29) is 5.75 Å². The second-order valence-corrected chi connectivity index (χ2v) is 6.76. The van der Waals surface area contributed by atoms with Gasteiger partial charge in [0.2, 0.25) is 0 Å². The van der Waals surface area contributed by atoms with E-state index in [1.165, 1.54) is 0 Å². The normalized spacial score (nSPS) is 18.0. The van der Waals surface area contributed by atoms with Crippen molar-refractivity contribution in [2.75, 3.05) is 5.75 Å². The van der Waals surface area contributed by atoms with Gasteiger partial charge in [0, 0.05) is 10.9 Å². The smallest absolute Gasteiger partial charge is 0.288 e. The molecule has 3 rings (SSSR count). The number of hydrogen-bond acceptors (Lipinski definition) is 5. The van der Waals surface area contributed by atoms with Crippen molar-refractivity contribution in [3.63, 3.8) is 0 Å². The van der Waals surface area contributed by atoms with E-state index in [0.29, 0.717) is 28.0 Å². The first-order valence-corrected chi connectivity index (χ1v) is 8.48. The van der Waals surface area contributed by atoms with E-state index < -0.39 is 22.3 Å². The number of hydroxylamine groups is 2. The first-order chi connectivity index (χ1) is 10.4. The topological polar surface area (TPSA) is 83.9 Å². The van der Waals surface area contributed by atoms with Gasteiger partial charge in [0.1, 0.15) is 0 Å². The third-order valence-electron chi connectivity index (χ3n) is 3.52. The molecule has 2 aromatic carbocycles. The Kier molecular flexibility index (Phi) is 3.64. The zero-order valence-corrected chi connectivity index (χ0v) is 12.7. The molecule has 2 aromatic rings. The summed E-state index contributed by atoms with van der Waals surface area (Å²) in [5, 5.41) is 12.3. The lowest BCUT2D eigenvalue weighted by Gasteiger charge is -2.31. The van der Waals surface area contributed by atoms with Gasteiger partial charge in [0.05, 0.1) is 11.3 Å². The van der Waals surface area contributed by atoms with Crippen LogP contribution in [0.5, 0.6) is 0 Å². The molecule has 0 aromatic heterocycles. The van der Waals surface area contributed by atoms with Crippen LogP contribution in [0.2, 0.25) is 0 Å². The van der Waals surface area contributed by atoms with Crippen molar-refractivity contribution in [3.8, 4) is 0 Å². The van der Waals surface area contributed by atoms with Crippen LogP contribution in [0.1, 0.15) is 35.5 Å². The zero-order chi connectivity index (χ0) is 15.9. The lowest BCUT2D eigenvalue weighted by molar-refractivity contribution is -0.135. The Balaban J connectivity index is 2.10. The summed E-state index contributed by atoms with van der Waals surface area (Å²) in [6, 6.07) is 10.3. The monoisotopic (exact) mass is 321 g/mol. The largest absolute Gasteiger partial charge is 0.367 e. The summed E-state index contributed by atoms with van der Waals surface area (Å²) in [5.41, 5.74) is 0.754. The fourth-order valence-corrected chi connectivity index (χ4v) is 3.57. The van der Waals surface area contributed by atoms with Crippen LogP contribution in [-0.2, 0) is 14.4 Å². The molecule has 1 amide bonds. The average molecular weight is 321 g/mol. The fourth-order valence-electron chi connectivity index (χ4n) is 2.60. The van der Waals surface area contributed by atoms with Crippen LogP contribution < -0.4 is 0 Å². The average Bonchev–Trinajstić information content (AvgIpc) is 2.49. The van der Waals surface area contributed by atoms with Gasteiger partial charge in [-0.15, -0.1) is 4.28 Å². The van der Waals surface area contributed by atoms with Crippen molar-refractivity contribution in [3.05, 3.63) is 47.5 Å². The molecule has 116 valence electrons. The van der Waals surface area contributed by atoms with Crippen molar-refractivity contribution in [2.24, 2.45) is 0 Å². The molecule has 1 heterocycles. The van der Waals surface area contributed by atoms with E-state index in [9.17, 15) is 18.3 Å². The van der Waals surface area contributed by atoms with Crippen LogP contribution >= 0.6 is 0 Å². The number of carbonyl (C=O) groups excluding carboxylic acids is 1. The molecular weight excluding hydrogens is 306 g/mol. The van der Waals surface area contributed by atoms with E-state index in [2.05, 4.69) is 0 Å². The predicted octanol–water partition coefficient (Wildman–Crippen LogP) is 1.96. The highest BCUT2D eigenvalue weighted by Gasteiger charge is 2.36. The summed E-state index contributed by atoms with van der Waals surface area (Å²) in [7, 11) is -3.92. The van der Waals surface area contributed by atoms with E-state index >= 15 is 0 Å². The summed E-state index contributed by atoms with van der Waals surface area (Å²) in [5.74, 6) is -0.897. The van der Waals surface area contributed by atoms with Gasteiger partial charge in [0.15, 0.2) is 6.23 Å². The molecule has 1 aliphatic rings. The molecule has 7 heteroatoms. The Hall–Kier alpha value is -1.96. The minimum absolute atomic E-state index is 0.227. The van der Waals surface area contributed by atoms with Crippen LogP contribution in [-0.4, -0.2) is 30.2 Å². The minimum Gasteiger partial charge on any atom is -0.367 e. The van der Waals surface area contributed by atoms with Crippen LogP contribution in [0.3, 0.4) is 0 Å². The van der Waals surface area contributed by atoms with Crippen molar-refractivity contribution in [1.29, 1.82) is 0 Å². The van der Waals surface area contributed by atoms with Gasteiger partial charge in [0.25, 0.3) is 16.0 Å². The quantitative estimate of drug-likeness (QED) is 0.930. The highest BCUT2D eigenvalue weighted by Crippen LogP contribution is 2.36. The SMILES string of the molecule is CCCS(=O)(=O)ON1C(=O)c2cccc3cccc(c23)C1O. The second kappa shape index (κ2) is 5.35. The molecule has 1 unspecified atom stereocenters. The van der Waals surface area contributed by atoms with Gasteiger partial charge in [-0.25, -0.2) is 0 Å². The first kappa shape index (κ1) is 15.0. The van der Waals surface area contributed by atoms with Gasteiger partial charge < -0.3 is 5.11 Å². The van der Waals surface area contributed by atoms with E-state index in [4.69, 9.17) is 4.28 Å². The standard InChI is InChI=1S/C15H15NO5S/c1-2-9-22(19,20)21-16-14(17)11-7-3-5-10-6-4-8-12(13(10)11)15(16)18/h3-8,14,17H,2,9H2,1H3. The number of hydrogen-bond donors (Lipinski definition) is 1. The highest BCUT2D eigenvalue weighted by atomic mass is 32.2. The Morgan fingerprint density at radius 3 is 2.59 bits per heavy atom. The third-order valence-corrected chi connectivity index (χ3v) is 4.81. The number of rotatable bonds is 4. The Morgan fingerprint density at radius 1 is 1.23 bits per heavy atom. The number of benzene rings is 2. The number of aliphatic hydroxyl groups excluding tert-OH is 1. The highest BCUT2D eigenvalue weighted by molar-refractivity contribution is 7.86. The van der Waals surface area contributed by atoms with Gasteiger partial charge in [-0.1, -0.05) is 37.3 Å². The van der Waals surface area contributed by atoms with Crippen LogP contribution in [0, 0.1) is 0 Å². The molecule has 6 nitrogen and oxygen atoms in total. The molecule has 0 aliphatic carbocycles. The van der Waals surface area contributed by atoms with Crippen LogP contribution in [0.25, 0.3) is 10.8 Å². The molecule has 0 spiro atoms. The molecule has 1 N–H and O–H groups in total. The summed E-state index contributed by atoms with van der Waals surface area (Å²) in [6.07, 6.45) is -1.11. The Labute approximate surface area is 128 Å². The summed E-state index contributed by atoms with van der Waals surface area (Å²) < 4.78 is 28.5. The summed E-state index contributed by atoms with van der Waals surface area (Å²) >= 11 is 0. The molecular formula is C15H15NO5S. The van der Waals surface area contributed by atoms with Gasteiger partial charge in [-0.05, 0) is 17.9 Å². The van der Waals surface area contributed by atoms with Crippen molar-refractivity contribution >= 4 is 26.8 Å². The number of nitrogens with zero attached hydrogens (tertiary/aromatic N) is 1. The van der Waals surface area contributed by atoms with Gasteiger partial charge in [-0.3, -0.25) is 4.79 Å². The van der Waals surface area contributed by atoms with E-state index in [0.717, 1.165) is 5.39 Å². The number of aliphatic hydroxyl groups is 1. The first-order valence-electron chi connectivity index (χ1n) is 6.90. The molecule has 0 fully saturated rings. The molecule has 0 saturated heterocycles. The van der Waals surface area contributed by atoms with Crippen LogP contribution in [0.4, 0.5) is 0 Å². The predicted molar refractivity (Wildman–Crippen MR) is 80.2 cm³/mol. The van der Waals surface area contributed by atoms with Crippen molar-refractivity contribution in [2.45, 2.75) is 19.6 Å².